The Labute approximate surface area is 126 Å². The number of nitrogens with zero attached hydrogens (tertiary/aromatic N) is 3. The largest absolute Gasteiger partial charge is 0.329 e. The lowest BCUT2D eigenvalue weighted by Gasteiger charge is -2.19. The number of hydrogen-bond donors (Lipinski definition) is 0. The van der Waals surface area contributed by atoms with Gasteiger partial charge in [0.2, 0.25) is 0 Å². The highest BCUT2D eigenvalue weighted by Gasteiger charge is 2.26. The third kappa shape index (κ3) is 2.04. The highest BCUT2D eigenvalue weighted by molar-refractivity contribution is 5.82. The molecule has 2 heterocycles. The van der Waals surface area contributed by atoms with Gasteiger partial charge in [-0.25, -0.2) is 4.79 Å². The fraction of sp³-hybridized carbons (Fsp3) is 0.588. The van der Waals surface area contributed by atoms with Crippen LogP contribution in [0.4, 0.5) is 0 Å². The first kappa shape index (κ1) is 14.4. The van der Waals surface area contributed by atoms with Crippen LogP contribution >= 0.6 is 0 Å². The summed E-state index contributed by atoms with van der Waals surface area (Å²) in [6, 6.07) is 5.05. The molecule has 0 unspecified atom stereocenters. The van der Waals surface area contributed by atoms with Crippen molar-refractivity contribution in [3.63, 3.8) is 0 Å². The molecule has 0 fully saturated rings. The summed E-state index contributed by atoms with van der Waals surface area (Å²) in [5, 5.41) is 0. The van der Waals surface area contributed by atoms with Crippen molar-refractivity contribution in [2.75, 3.05) is 0 Å². The van der Waals surface area contributed by atoms with Crippen LogP contribution in [0.3, 0.4) is 0 Å². The Morgan fingerprint density at radius 3 is 2.38 bits per heavy atom. The summed E-state index contributed by atoms with van der Waals surface area (Å²) in [6.45, 7) is 13.3. The second kappa shape index (κ2) is 5.02. The minimum absolute atomic E-state index is 0.124. The van der Waals surface area contributed by atoms with Crippen LogP contribution in [0.1, 0.15) is 51.8 Å². The first-order chi connectivity index (χ1) is 9.95. The van der Waals surface area contributed by atoms with Gasteiger partial charge in [-0.05, 0) is 51.8 Å². The molecular weight excluding hydrogens is 262 g/mol. The summed E-state index contributed by atoms with van der Waals surface area (Å²) >= 11 is 0. The van der Waals surface area contributed by atoms with E-state index in [4.69, 9.17) is 0 Å². The average Bonchev–Trinajstić information content (AvgIpc) is 2.95. The normalized spacial score (nSPS) is 15.6. The zero-order valence-corrected chi connectivity index (χ0v) is 13.7. The van der Waals surface area contributed by atoms with Crippen LogP contribution in [0.5, 0.6) is 0 Å². The van der Waals surface area contributed by atoms with Gasteiger partial charge in [-0.3, -0.25) is 14.0 Å². The molecule has 0 spiro atoms. The third-order valence-corrected chi connectivity index (χ3v) is 4.62. The number of fused-ring (bicyclic) bond motifs is 3. The maximum absolute atomic E-state index is 12.7. The fourth-order valence-electron chi connectivity index (χ4n) is 3.45. The predicted octanol–water partition coefficient (Wildman–Crippen LogP) is 3.13. The van der Waals surface area contributed by atoms with Crippen LogP contribution in [-0.4, -0.2) is 20.1 Å². The lowest BCUT2D eigenvalue weighted by molar-refractivity contribution is 0.227. The van der Waals surface area contributed by atoms with E-state index in [1.54, 1.807) is 0 Å². The molecule has 3 rings (SSSR count). The van der Waals surface area contributed by atoms with Gasteiger partial charge >= 0.3 is 5.69 Å². The molecule has 2 aromatic rings. The number of rotatable bonds is 3. The molecule has 0 aliphatic carbocycles. The summed E-state index contributed by atoms with van der Waals surface area (Å²) in [4.78, 5) is 15.1. The van der Waals surface area contributed by atoms with E-state index in [9.17, 15) is 4.79 Å². The van der Waals surface area contributed by atoms with E-state index in [-0.39, 0.29) is 11.7 Å². The van der Waals surface area contributed by atoms with Crippen LogP contribution in [-0.2, 0) is 19.6 Å². The van der Waals surface area contributed by atoms with Gasteiger partial charge in [0.15, 0.2) is 0 Å². The zero-order chi connectivity index (χ0) is 15.3. The van der Waals surface area contributed by atoms with Crippen LogP contribution < -0.4 is 5.69 Å². The lowest BCUT2D eigenvalue weighted by Crippen LogP contribution is -2.25. The van der Waals surface area contributed by atoms with Crippen molar-refractivity contribution in [2.45, 2.75) is 66.3 Å². The van der Waals surface area contributed by atoms with Crippen molar-refractivity contribution < 1.29 is 0 Å². The molecule has 0 bridgehead atoms. The summed E-state index contributed by atoms with van der Waals surface area (Å²) in [6.07, 6.45) is 0. The van der Waals surface area contributed by atoms with Gasteiger partial charge < -0.3 is 0 Å². The smallest absolute Gasteiger partial charge is 0.292 e. The van der Waals surface area contributed by atoms with Gasteiger partial charge in [-0.15, -0.1) is 0 Å². The molecule has 1 aliphatic rings. The number of aromatic nitrogens is 2. The van der Waals surface area contributed by atoms with Gasteiger partial charge in [0.1, 0.15) is 0 Å². The number of imidazole rings is 1. The van der Waals surface area contributed by atoms with Crippen molar-refractivity contribution in [3.05, 3.63) is 33.7 Å². The molecule has 0 amide bonds. The minimum Gasteiger partial charge on any atom is -0.292 e. The Bertz CT molecular complexity index is 737. The molecule has 1 aliphatic heterocycles. The van der Waals surface area contributed by atoms with E-state index in [1.807, 2.05) is 9.13 Å². The van der Waals surface area contributed by atoms with Crippen molar-refractivity contribution >= 4 is 11.0 Å². The first-order valence-electron chi connectivity index (χ1n) is 7.95. The molecule has 4 nitrogen and oxygen atoms in total. The molecule has 0 N–H and O–H groups in total. The lowest BCUT2D eigenvalue weighted by atomic mass is 10.1. The molecular formula is C17H25N3O. The van der Waals surface area contributed by atoms with E-state index < -0.39 is 0 Å². The second-order valence-corrected chi connectivity index (χ2v) is 6.56. The van der Waals surface area contributed by atoms with Crippen molar-refractivity contribution in [1.82, 2.24) is 14.0 Å². The summed E-state index contributed by atoms with van der Waals surface area (Å²) in [7, 11) is 0. The Morgan fingerprint density at radius 2 is 1.81 bits per heavy atom. The summed E-state index contributed by atoms with van der Waals surface area (Å²) < 4.78 is 3.87. The van der Waals surface area contributed by atoms with Gasteiger partial charge in [-0.1, -0.05) is 6.07 Å². The second-order valence-electron chi connectivity index (χ2n) is 6.56. The highest BCUT2D eigenvalue weighted by Crippen LogP contribution is 2.31. The topological polar surface area (TPSA) is 30.2 Å². The molecule has 1 aromatic carbocycles. The van der Waals surface area contributed by atoms with Crippen molar-refractivity contribution in [1.29, 1.82) is 0 Å². The standard InChI is InChI=1S/C17H25N3O/c1-6-19-16-14-10-18(11(2)3)9-13(14)7-8-15(16)20(12(4)5)17(19)21/h7-8,11-12H,6,9-10H2,1-5H3. The van der Waals surface area contributed by atoms with Gasteiger partial charge in [-0.2, -0.15) is 0 Å². The molecule has 4 heteroatoms. The Morgan fingerprint density at radius 1 is 1.10 bits per heavy atom. The van der Waals surface area contributed by atoms with Crippen molar-refractivity contribution in [3.8, 4) is 0 Å². The Kier molecular flexibility index (Phi) is 3.44. The molecule has 1 aromatic heterocycles. The first-order valence-corrected chi connectivity index (χ1v) is 7.95. The number of hydrogen-bond acceptors (Lipinski definition) is 2. The average molecular weight is 287 g/mol. The van der Waals surface area contributed by atoms with E-state index in [0.29, 0.717) is 6.04 Å². The highest BCUT2D eigenvalue weighted by atomic mass is 16.1. The van der Waals surface area contributed by atoms with Crippen LogP contribution in [0, 0.1) is 0 Å². The summed E-state index contributed by atoms with van der Waals surface area (Å²) in [5.74, 6) is 0. The van der Waals surface area contributed by atoms with E-state index in [0.717, 1.165) is 30.7 Å². The minimum atomic E-state index is 0.124. The molecule has 0 saturated carbocycles. The van der Waals surface area contributed by atoms with Crippen LogP contribution in [0.15, 0.2) is 16.9 Å². The van der Waals surface area contributed by atoms with Gasteiger partial charge in [0.05, 0.1) is 11.0 Å². The van der Waals surface area contributed by atoms with E-state index in [1.165, 1.54) is 11.1 Å². The van der Waals surface area contributed by atoms with Crippen molar-refractivity contribution in [2.24, 2.45) is 0 Å². The predicted molar refractivity (Wildman–Crippen MR) is 86.6 cm³/mol. The SMILES string of the molecule is CCn1c(=O)n(C(C)C)c2ccc3c(c21)CN(C(C)C)C3. The molecule has 0 saturated heterocycles. The number of aryl methyl sites for hydroxylation is 1. The fourth-order valence-corrected chi connectivity index (χ4v) is 3.45. The maximum Gasteiger partial charge on any atom is 0.329 e. The Hall–Kier alpha value is -1.55. The Balaban J connectivity index is 2.29. The quantitative estimate of drug-likeness (QED) is 0.868. The molecule has 0 atom stereocenters. The molecule has 0 radical (unpaired) electrons. The maximum atomic E-state index is 12.7. The molecule has 114 valence electrons. The van der Waals surface area contributed by atoms with Gasteiger partial charge in [0.25, 0.3) is 0 Å². The van der Waals surface area contributed by atoms with E-state index in [2.05, 4.69) is 51.7 Å². The van der Waals surface area contributed by atoms with Crippen LogP contribution in [0.2, 0.25) is 0 Å². The number of benzene rings is 1. The molecule has 21 heavy (non-hydrogen) atoms. The monoisotopic (exact) mass is 287 g/mol. The van der Waals surface area contributed by atoms with E-state index >= 15 is 0 Å². The third-order valence-electron chi connectivity index (χ3n) is 4.62. The van der Waals surface area contributed by atoms with Gasteiger partial charge in [0, 0.05) is 31.7 Å². The summed E-state index contributed by atoms with van der Waals surface area (Å²) in [5.41, 5.74) is 5.08. The zero-order valence-electron chi connectivity index (χ0n) is 13.7. The van der Waals surface area contributed by atoms with Crippen LogP contribution in [0.25, 0.3) is 11.0 Å².